The van der Waals surface area contributed by atoms with Gasteiger partial charge in [-0.05, 0) is 42.8 Å². The van der Waals surface area contributed by atoms with Gasteiger partial charge in [0.15, 0.2) is 9.84 Å². The van der Waals surface area contributed by atoms with Crippen LogP contribution in [0.2, 0.25) is 0 Å². The lowest BCUT2D eigenvalue weighted by Crippen LogP contribution is -2.38. The number of nitrogens with one attached hydrogen (secondary N) is 1. The van der Waals surface area contributed by atoms with E-state index in [-0.39, 0.29) is 17.0 Å². The minimum Gasteiger partial charge on any atom is -0.384 e. The highest BCUT2D eigenvalue weighted by molar-refractivity contribution is 7.90. The van der Waals surface area contributed by atoms with Gasteiger partial charge in [0.1, 0.15) is 11.4 Å². The highest BCUT2D eigenvalue weighted by atomic mass is 32.2. The summed E-state index contributed by atoms with van der Waals surface area (Å²) in [6.45, 7) is 1.38. The van der Waals surface area contributed by atoms with Crippen molar-refractivity contribution < 1.29 is 22.7 Å². The molecule has 2 aromatic carbocycles. The summed E-state index contributed by atoms with van der Waals surface area (Å²) in [4.78, 5) is 12.2. The fourth-order valence-corrected chi connectivity index (χ4v) is 2.80. The summed E-state index contributed by atoms with van der Waals surface area (Å²) >= 11 is 0. The molecule has 0 aliphatic carbocycles. The predicted octanol–water partition coefficient (Wildman–Crippen LogP) is 1.87. The Morgan fingerprint density at radius 1 is 1.21 bits per heavy atom. The van der Waals surface area contributed by atoms with Crippen LogP contribution in [0.25, 0.3) is 0 Å². The Balaban J connectivity index is 2.11. The molecule has 0 saturated carbocycles. The number of carbonyl (C=O) groups is 1. The van der Waals surface area contributed by atoms with E-state index in [1.807, 2.05) is 0 Å². The molecule has 0 aliphatic rings. The maximum Gasteiger partial charge on any atom is 0.251 e. The second kappa shape index (κ2) is 6.70. The molecule has 24 heavy (non-hydrogen) atoms. The van der Waals surface area contributed by atoms with Crippen molar-refractivity contribution in [1.82, 2.24) is 5.32 Å². The summed E-state index contributed by atoms with van der Waals surface area (Å²) in [6.07, 6.45) is 1.06. The van der Waals surface area contributed by atoms with E-state index in [9.17, 15) is 22.7 Å². The Morgan fingerprint density at radius 3 is 2.42 bits per heavy atom. The zero-order valence-electron chi connectivity index (χ0n) is 13.3. The Morgan fingerprint density at radius 2 is 1.83 bits per heavy atom. The van der Waals surface area contributed by atoms with E-state index in [0.717, 1.165) is 6.26 Å². The van der Waals surface area contributed by atoms with Crippen LogP contribution in [0.5, 0.6) is 0 Å². The molecule has 5 nitrogen and oxygen atoms in total. The lowest BCUT2D eigenvalue weighted by molar-refractivity contribution is 0.0526. The van der Waals surface area contributed by atoms with Crippen LogP contribution >= 0.6 is 0 Å². The molecule has 0 spiro atoms. The van der Waals surface area contributed by atoms with Crippen LogP contribution in [0.4, 0.5) is 4.39 Å². The fourth-order valence-electron chi connectivity index (χ4n) is 2.13. The number of halogens is 1. The van der Waals surface area contributed by atoms with Crippen molar-refractivity contribution in [2.75, 3.05) is 12.8 Å². The van der Waals surface area contributed by atoms with Gasteiger partial charge in [0.2, 0.25) is 0 Å². The highest BCUT2D eigenvalue weighted by Crippen LogP contribution is 2.20. The summed E-state index contributed by atoms with van der Waals surface area (Å²) in [7, 11) is -3.41. The highest BCUT2D eigenvalue weighted by Gasteiger charge is 2.24. The minimum atomic E-state index is -3.41. The molecule has 128 valence electrons. The molecule has 0 saturated heterocycles. The van der Waals surface area contributed by atoms with Crippen molar-refractivity contribution in [2.45, 2.75) is 17.4 Å². The Hall–Kier alpha value is -2.25. The van der Waals surface area contributed by atoms with Crippen molar-refractivity contribution >= 4 is 15.7 Å². The maximum atomic E-state index is 12.9. The average Bonchev–Trinajstić information content (AvgIpc) is 2.52. The number of hydrogen-bond acceptors (Lipinski definition) is 4. The lowest BCUT2D eigenvalue weighted by atomic mass is 9.96. The van der Waals surface area contributed by atoms with Crippen LogP contribution in [0.1, 0.15) is 22.8 Å². The second-order valence-corrected chi connectivity index (χ2v) is 7.78. The van der Waals surface area contributed by atoms with Crippen molar-refractivity contribution in [3.63, 3.8) is 0 Å². The third-order valence-corrected chi connectivity index (χ3v) is 4.69. The summed E-state index contributed by atoms with van der Waals surface area (Å²) < 4.78 is 36.0. The second-order valence-electron chi connectivity index (χ2n) is 5.76. The molecule has 0 aliphatic heterocycles. The minimum absolute atomic E-state index is 0.0421. The molecule has 2 N–H and O–H groups in total. The van der Waals surface area contributed by atoms with E-state index in [1.54, 1.807) is 0 Å². The first-order valence-electron chi connectivity index (χ1n) is 7.16. The zero-order valence-corrected chi connectivity index (χ0v) is 14.1. The van der Waals surface area contributed by atoms with E-state index < -0.39 is 27.2 Å². The molecule has 1 unspecified atom stereocenters. The van der Waals surface area contributed by atoms with Gasteiger partial charge >= 0.3 is 0 Å². The summed E-state index contributed by atoms with van der Waals surface area (Å²) in [5.41, 5.74) is -0.764. The van der Waals surface area contributed by atoms with Gasteiger partial charge in [-0.25, -0.2) is 12.8 Å². The van der Waals surface area contributed by atoms with Crippen LogP contribution in [-0.4, -0.2) is 32.2 Å². The van der Waals surface area contributed by atoms with E-state index in [4.69, 9.17) is 0 Å². The molecule has 1 atom stereocenters. The fraction of sp³-hybridized carbons (Fsp3) is 0.235. The molecule has 7 heteroatoms. The number of amides is 1. The van der Waals surface area contributed by atoms with Gasteiger partial charge in [-0.3, -0.25) is 4.79 Å². The standard InChI is InChI=1S/C17H18FNO4S/c1-17(21,13-6-8-14(18)9-7-13)11-19-16(20)12-4-3-5-15(10-12)24(2,22)23/h3-10,21H,11H2,1-2H3,(H,19,20). The van der Waals surface area contributed by atoms with Gasteiger partial charge in [0, 0.05) is 11.8 Å². The topological polar surface area (TPSA) is 83.5 Å². The Kier molecular flexibility index (Phi) is 5.05. The monoisotopic (exact) mass is 351 g/mol. The largest absolute Gasteiger partial charge is 0.384 e. The number of hydrogen-bond donors (Lipinski definition) is 2. The van der Waals surface area contributed by atoms with Gasteiger partial charge < -0.3 is 10.4 Å². The van der Waals surface area contributed by atoms with Gasteiger partial charge in [-0.1, -0.05) is 18.2 Å². The first-order valence-corrected chi connectivity index (χ1v) is 9.05. The number of benzene rings is 2. The van der Waals surface area contributed by atoms with Gasteiger partial charge in [-0.15, -0.1) is 0 Å². The molecular formula is C17H18FNO4S. The first kappa shape index (κ1) is 18.1. The van der Waals surface area contributed by atoms with Crippen molar-refractivity contribution in [3.8, 4) is 0 Å². The summed E-state index contributed by atoms with van der Waals surface area (Å²) in [5.74, 6) is -0.931. The van der Waals surface area contributed by atoms with Crippen molar-refractivity contribution in [1.29, 1.82) is 0 Å². The third-order valence-electron chi connectivity index (χ3n) is 3.58. The van der Waals surface area contributed by atoms with E-state index in [0.29, 0.717) is 5.56 Å². The molecule has 0 fully saturated rings. The number of rotatable bonds is 5. The van der Waals surface area contributed by atoms with Crippen LogP contribution in [0.3, 0.4) is 0 Å². The third kappa shape index (κ3) is 4.39. The molecule has 0 radical (unpaired) electrons. The Bertz CT molecular complexity index is 845. The quantitative estimate of drug-likeness (QED) is 0.861. The molecule has 1 amide bonds. The SMILES string of the molecule is CC(O)(CNC(=O)c1cccc(S(C)(=O)=O)c1)c1ccc(F)cc1. The molecule has 2 aromatic rings. The van der Waals surface area contributed by atoms with E-state index >= 15 is 0 Å². The average molecular weight is 351 g/mol. The number of carbonyl (C=O) groups excluding carboxylic acids is 1. The van der Waals surface area contributed by atoms with Gasteiger partial charge in [0.05, 0.1) is 11.4 Å². The number of sulfone groups is 1. The normalized spacial score (nSPS) is 14.0. The van der Waals surface area contributed by atoms with E-state index in [2.05, 4.69) is 5.32 Å². The van der Waals surface area contributed by atoms with E-state index in [1.165, 1.54) is 55.5 Å². The number of aliphatic hydroxyl groups is 1. The smallest absolute Gasteiger partial charge is 0.251 e. The summed E-state index contributed by atoms with van der Waals surface area (Å²) in [5, 5.41) is 13.0. The molecule has 0 aromatic heterocycles. The van der Waals surface area contributed by atoms with Gasteiger partial charge in [-0.2, -0.15) is 0 Å². The molecule has 2 rings (SSSR count). The van der Waals surface area contributed by atoms with Crippen LogP contribution < -0.4 is 5.32 Å². The first-order chi connectivity index (χ1) is 11.1. The van der Waals surface area contributed by atoms with Crippen molar-refractivity contribution in [3.05, 3.63) is 65.5 Å². The molecule has 0 heterocycles. The van der Waals surface area contributed by atoms with Crippen LogP contribution in [0, 0.1) is 5.82 Å². The van der Waals surface area contributed by atoms with Crippen LogP contribution in [0.15, 0.2) is 53.4 Å². The lowest BCUT2D eigenvalue weighted by Gasteiger charge is -2.24. The molecule has 0 bridgehead atoms. The maximum absolute atomic E-state index is 12.9. The summed E-state index contributed by atoms with van der Waals surface area (Å²) in [6, 6.07) is 11.0. The Labute approximate surface area is 140 Å². The van der Waals surface area contributed by atoms with Gasteiger partial charge in [0.25, 0.3) is 5.91 Å². The molecular weight excluding hydrogens is 333 g/mol. The predicted molar refractivity (Wildman–Crippen MR) is 87.9 cm³/mol. The van der Waals surface area contributed by atoms with Crippen molar-refractivity contribution in [2.24, 2.45) is 0 Å². The van der Waals surface area contributed by atoms with Crippen LogP contribution in [-0.2, 0) is 15.4 Å². The zero-order chi connectivity index (χ0) is 18.0.